The van der Waals surface area contributed by atoms with Crippen LogP contribution in [0.15, 0.2) is 30.5 Å². The highest BCUT2D eigenvalue weighted by Crippen LogP contribution is 2.26. The van der Waals surface area contributed by atoms with Gasteiger partial charge in [0.1, 0.15) is 0 Å². The van der Waals surface area contributed by atoms with E-state index in [0.29, 0.717) is 0 Å². The van der Waals surface area contributed by atoms with Gasteiger partial charge in [-0.1, -0.05) is 13.0 Å². The summed E-state index contributed by atoms with van der Waals surface area (Å²) in [5.74, 6) is 0.175. The van der Waals surface area contributed by atoms with E-state index in [1.54, 1.807) is 0 Å². The van der Waals surface area contributed by atoms with Crippen molar-refractivity contribution in [1.29, 1.82) is 0 Å². The molecule has 1 aromatic heterocycles. The lowest BCUT2D eigenvalue weighted by atomic mass is 10.1. The van der Waals surface area contributed by atoms with Crippen molar-refractivity contribution in [1.82, 2.24) is 4.57 Å². The highest BCUT2D eigenvalue weighted by Gasteiger charge is 2.27. The van der Waals surface area contributed by atoms with Gasteiger partial charge in [-0.2, -0.15) is 0 Å². The lowest BCUT2D eigenvalue weighted by Gasteiger charge is -2.11. The summed E-state index contributed by atoms with van der Waals surface area (Å²) in [6, 6.07) is 8.41. The predicted octanol–water partition coefficient (Wildman–Crippen LogP) is 3.54. The minimum absolute atomic E-state index is 0. The molecule has 0 bridgehead atoms. The van der Waals surface area contributed by atoms with Crippen molar-refractivity contribution in [3.63, 3.8) is 0 Å². The number of carbonyl (C=O) groups is 1. The summed E-state index contributed by atoms with van der Waals surface area (Å²) in [7, 11) is 0. The van der Waals surface area contributed by atoms with Gasteiger partial charge in [0, 0.05) is 30.4 Å². The lowest BCUT2D eigenvalue weighted by molar-refractivity contribution is -0.119. The molecule has 1 heterocycles. The van der Waals surface area contributed by atoms with Gasteiger partial charge in [0.25, 0.3) is 0 Å². The number of nitrogens with two attached hydrogens (primary N) is 1. The van der Waals surface area contributed by atoms with Crippen molar-refractivity contribution in [2.75, 3.05) is 5.32 Å². The Labute approximate surface area is 137 Å². The number of amides is 1. The quantitative estimate of drug-likeness (QED) is 0.904. The lowest BCUT2D eigenvalue weighted by Crippen LogP contribution is -2.23. The number of benzene rings is 1. The van der Waals surface area contributed by atoms with Crippen molar-refractivity contribution in [3.05, 3.63) is 30.5 Å². The molecule has 3 rings (SSSR count). The topological polar surface area (TPSA) is 60.0 Å². The van der Waals surface area contributed by atoms with Gasteiger partial charge in [0.15, 0.2) is 0 Å². The number of fused-ring (bicyclic) bond motifs is 1. The Kier molecular flexibility index (Phi) is 5.48. The van der Waals surface area contributed by atoms with Crippen LogP contribution in [0, 0.1) is 5.92 Å². The van der Waals surface area contributed by atoms with E-state index in [9.17, 15) is 4.79 Å². The van der Waals surface area contributed by atoms with Crippen LogP contribution in [0.2, 0.25) is 0 Å². The smallest absolute Gasteiger partial charge is 0.227 e. The Morgan fingerprint density at radius 3 is 2.86 bits per heavy atom. The van der Waals surface area contributed by atoms with E-state index in [2.05, 4.69) is 41.2 Å². The third-order valence-corrected chi connectivity index (χ3v) is 4.35. The summed E-state index contributed by atoms with van der Waals surface area (Å²) >= 11 is 0. The molecule has 0 saturated heterocycles. The first kappa shape index (κ1) is 16.8. The number of rotatable bonds is 4. The summed E-state index contributed by atoms with van der Waals surface area (Å²) < 4.78 is 2.23. The van der Waals surface area contributed by atoms with Gasteiger partial charge < -0.3 is 15.6 Å². The van der Waals surface area contributed by atoms with Crippen LogP contribution in [0.25, 0.3) is 10.9 Å². The Morgan fingerprint density at radius 2 is 2.18 bits per heavy atom. The number of halogens is 1. The Morgan fingerprint density at radius 1 is 1.36 bits per heavy atom. The zero-order valence-electron chi connectivity index (χ0n) is 12.9. The number of aryl methyl sites for hydroxylation is 1. The highest BCUT2D eigenvalue weighted by molar-refractivity contribution is 5.95. The summed E-state index contributed by atoms with van der Waals surface area (Å²) in [4.78, 5) is 12.3. The Bertz CT molecular complexity index is 652. The average Bonchev–Trinajstić information content (AvgIpc) is 3.06. The average molecular weight is 322 g/mol. The van der Waals surface area contributed by atoms with Crippen molar-refractivity contribution < 1.29 is 4.79 Å². The summed E-state index contributed by atoms with van der Waals surface area (Å²) in [5, 5.41) is 4.26. The molecule has 4 nitrogen and oxygen atoms in total. The minimum atomic E-state index is 0. The van der Waals surface area contributed by atoms with E-state index >= 15 is 0 Å². The summed E-state index contributed by atoms with van der Waals surface area (Å²) in [6.07, 6.45) is 5.87. The van der Waals surface area contributed by atoms with Gasteiger partial charge in [-0.3, -0.25) is 4.79 Å². The van der Waals surface area contributed by atoms with E-state index in [1.165, 1.54) is 10.9 Å². The summed E-state index contributed by atoms with van der Waals surface area (Å²) in [5.41, 5.74) is 7.94. The van der Waals surface area contributed by atoms with Gasteiger partial charge in [-0.05, 0) is 49.3 Å². The molecule has 5 heteroatoms. The standard InChI is InChI=1S/C17H23N3O.ClH/c1-2-8-20-9-7-12-4-6-15(11-16(12)20)19-17(21)13-3-5-14(18)10-13;/h4,6-7,9,11,13-14H,2-3,5,8,10,18H2,1H3,(H,19,21);1H. The maximum absolute atomic E-state index is 12.3. The van der Waals surface area contributed by atoms with Crippen molar-refractivity contribution in [2.45, 2.75) is 45.2 Å². The maximum Gasteiger partial charge on any atom is 0.227 e. The molecule has 1 aliphatic rings. The molecule has 1 amide bonds. The molecule has 0 spiro atoms. The zero-order chi connectivity index (χ0) is 14.8. The molecule has 1 saturated carbocycles. The van der Waals surface area contributed by atoms with Gasteiger partial charge >= 0.3 is 0 Å². The number of hydrogen-bond acceptors (Lipinski definition) is 2. The fourth-order valence-electron chi connectivity index (χ4n) is 3.20. The molecule has 120 valence electrons. The van der Waals surface area contributed by atoms with Crippen molar-refractivity contribution in [3.8, 4) is 0 Å². The zero-order valence-corrected chi connectivity index (χ0v) is 13.7. The molecule has 3 N–H and O–H groups in total. The number of nitrogens with zero attached hydrogens (tertiary/aromatic N) is 1. The van der Waals surface area contributed by atoms with Crippen LogP contribution in [0.1, 0.15) is 32.6 Å². The molecular formula is C17H24ClN3O. The fraction of sp³-hybridized carbons (Fsp3) is 0.471. The number of carbonyl (C=O) groups excluding carboxylic acids is 1. The SMILES string of the molecule is CCCn1ccc2ccc(NC(=O)C3CCC(N)C3)cc21.Cl. The first-order valence-corrected chi connectivity index (χ1v) is 7.82. The third kappa shape index (κ3) is 3.45. The Balaban J connectivity index is 0.00000176. The van der Waals surface area contributed by atoms with E-state index in [-0.39, 0.29) is 30.3 Å². The number of nitrogens with one attached hydrogen (secondary N) is 1. The van der Waals surface area contributed by atoms with Crippen LogP contribution in [0.3, 0.4) is 0 Å². The molecule has 0 radical (unpaired) electrons. The molecule has 0 aliphatic heterocycles. The van der Waals surface area contributed by atoms with E-state index in [1.807, 2.05) is 6.07 Å². The minimum Gasteiger partial charge on any atom is -0.347 e. The number of anilines is 1. The van der Waals surface area contributed by atoms with Crippen LogP contribution in [0.4, 0.5) is 5.69 Å². The molecule has 1 aliphatic carbocycles. The van der Waals surface area contributed by atoms with Crippen LogP contribution in [0.5, 0.6) is 0 Å². The first-order chi connectivity index (χ1) is 10.2. The normalized spacial score (nSPS) is 20.8. The molecule has 2 aromatic rings. The molecule has 2 atom stereocenters. The van der Waals surface area contributed by atoms with Gasteiger partial charge in [0.2, 0.25) is 5.91 Å². The molecule has 2 unspecified atom stereocenters. The number of aromatic nitrogens is 1. The van der Waals surface area contributed by atoms with Crippen LogP contribution >= 0.6 is 12.4 Å². The van der Waals surface area contributed by atoms with Gasteiger partial charge in [0.05, 0.1) is 5.52 Å². The van der Waals surface area contributed by atoms with Crippen LogP contribution in [-0.2, 0) is 11.3 Å². The monoisotopic (exact) mass is 321 g/mol. The van der Waals surface area contributed by atoms with Gasteiger partial charge in [-0.15, -0.1) is 12.4 Å². The Hall–Kier alpha value is -1.52. The maximum atomic E-state index is 12.3. The highest BCUT2D eigenvalue weighted by atomic mass is 35.5. The second-order valence-electron chi connectivity index (χ2n) is 6.04. The van der Waals surface area contributed by atoms with Gasteiger partial charge in [-0.25, -0.2) is 0 Å². The molecule has 1 fully saturated rings. The van der Waals surface area contributed by atoms with E-state index < -0.39 is 0 Å². The first-order valence-electron chi connectivity index (χ1n) is 7.82. The van der Waals surface area contributed by atoms with Crippen LogP contribution < -0.4 is 11.1 Å². The third-order valence-electron chi connectivity index (χ3n) is 4.35. The number of hydrogen-bond donors (Lipinski definition) is 2. The fourth-order valence-corrected chi connectivity index (χ4v) is 3.20. The largest absolute Gasteiger partial charge is 0.347 e. The van der Waals surface area contributed by atoms with Crippen molar-refractivity contribution in [2.24, 2.45) is 11.7 Å². The van der Waals surface area contributed by atoms with Crippen LogP contribution in [-0.4, -0.2) is 16.5 Å². The van der Waals surface area contributed by atoms with Crippen molar-refractivity contribution >= 4 is 34.9 Å². The molecule has 22 heavy (non-hydrogen) atoms. The molecule has 1 aromatic carbocycles. The predicted molar refractivity (Wildman–Crippen MR) is 93.4 cm³/mol. The van der Waals surface area contributed by atoms with E-state index in [0.717, 1.165) is 37.9 Å². The summed E-state index contributed by atoms with van der Waals surface area (Å²) in [6.45, 7) is 3.17. The second-order valence-corrected chi connectivity index (χ2v) is 6.04. The molecular weight excluding hydrogens is 298 g/mol. The second kappa shape index (κ2) is 7.16. The van der Waals surface area contributed by atoms with E-state index in [4.69, 9.17) is 5.73 Å².